The van der Waals surface area contributed by atoms with E-state index in [0.717, 1.165) is 6.42 Å². The van der Waals surface area contributed by atoms with Crippen molar-refractivity contribution in [2.75, 3.05) is 13.2 Å². The molecule has 0 aliphatic rings. The molecule has 0 amide bonds. The number of unbranched alkanes of at least 4 members (excludes halogenated alkanes) is 2. The second-order valence-corrected chi connectivity index (χ2v) is 5.90. The van der Waals surface area contributed by atoms with Gasteiger partial charge < -0.3 is 14.6 Å². The highest BCUT2D eigenvalue weighted by molar-refractivity contribution is 5.75. The third-order valence-corrected chi connectivity index (χ3v) is 3.49. The van der Waals surface area contributed by atoms with Gasteiger partial charge in [0.1, 0.15) is 0 Å². The highest BCUT2D eigenvalue weighted by atomic mass is 16.5. The van der Waals surface area contributed by atoms with Crippen molar-refractivity contribution >= 4 is 17.9 Å². The fraction of sp³-hybridized carbons (Fsp3) is 0.812. The van der Waals surface area contributed by atoms with Gasteiger partial charge in [-0.2, -0.15) is 0 Å². The predicted octanol–water partition coefficient (Wildman–Crippen LogP) is 2.93. The Labute approximate surface area is 132 Å². The van der Waals surface area contributed by atoms with Crippen molar-refractivity contribution in [3.8, 4) is 0 Å². The molecule has 0 bridgehead atoms. The van der Waals surface area contributed by atoms with Crippen LogP contribution in [0.1, 0.15) is 65.7 Å². The molecule has 0 aromatic carbocycles. The summed E-state index contributed by atoms with van der Waals surface area (Å²) in [6, 6.07) is 0. The smallest absolute Gasteiger partial charge is 0.311 e. The van der Waals surface area contributed by atoms with E-state index in [2.05, 4.69) is 0 Å². The van der Waals surface area contributed by atoms with Crippen LogP contribution in [0, 0.1) is 5.41 Å². The van der Waals surface area contributed by atoms with E-state index >= 15 is 0 Å². The molecule has 22 heavy (non-hydrogen) atoms. The fourth-order valence-corrected chi connectivity index (χ4v) is 1.51. The molecule has 0 saturated carbocycles. The molecule has 0 spiro atoms. The third kappa shape index (κ3) is 10.2. The molecule has 0 aromatic heterocycles. The molecule has 1 N–H and O–H groups in total. The van der Waals surface area contributed by atoms with Gasteiger partial charge in [0.05, 0.1) is 18.6 Å². The molecular weight excluding hydrogens is 288 g/mol. The Hall–Kier alpha value is -1.59. The van der Waals surface area contributed by atoms with Crippen LogP contribution in [0.25, 0.3) is 0 Å². The molecule has 128 valence electrons. The summed E-state index contributed by atoms with van der Waals surface area (Å²) in [6.07, 6.45) is 3.34. The van der Waals surface area contributed by atoms with Crippen LogP contribution >= 0.6 is 0 Å². The summed E-state index contributed by atoms with van der Waals surface area (Å²) in [6.45, 7) is 6.27. The van der Waals surface area contributed by atoms with Crippen LogP contribution in [0.4, 0.5) is 0 Å². The maximum atomic E-state index is 11.7. The Bertz CT molecular complexity index is 362. The average molecular weight is 316 g/mol. The monoisotopic (exact) mass is 316 g/mol. The van der Waals surface area contributed by atoms with Crippen LogP contribution < -0.4 is 0 Å². The summed E-state index contributed by atoms with van der Waals surface area (Å²) in [5.41, 5.74) is -0.456. The summed E-state index contributed by atoms with van der Waals surface area (Å²) in [5, 5.41) is 8.46. The van der Waals surface area contributed by atoms with E-state index in [1.54, 1.807) is 0 Å². The highest BCUT2D eigenvalue weighted by Gasteiger charge is 2.26. The van der Waals surface area contributed by atoms with Crippen molar-refractivity contribution in [2.45, 2.75) is 65.7 Å². The first kappa shape index (κ1) is 20.4. The lowest BCUT2D eigenvalue weighted by Gasteiger charge is -2.20. The van der Waals surface area contributed by atoms with E-state index in [9.17, 15) is 14.4 Å². The number of hydrogen-bond donors (Lipinski definition) is 1. The predicted molar refractivity (Wildman–Crippen MR) is 81.3 cm³/mol. The minimum Gasteiger partial charge on any atom is -0.481 e. The quantitative estimate of drug-likeness (QED) is 0.440. The van der Waals surface area contributed by atoms with Crippen LogP contribution in [0.5, 0.6) is 0 Å². The standard InChI is InChI=1S/C16H28O6/c1-4-16(2,3)15(20)22-12-8-7-11-21-14(19)10-6-5-9-13(17)18/h4-12H2,1-3H3,(H,17,18). The Morgan fingerprint density at radius 3 is 2.00 bits per heavy atom. The molecule has 0 fully saturated rings. The lowest BCUT2D eigenvalue weighted by molar-refractivity contribution is -0.154. The molecule has 0 heterocycles. The van der Waals surface area contributed by atoms with E-state index in [-0.39, 0.29) is 24.8 Å². The number of esters is 2. The van der Waals surface area contributed by atoms with Crippen molar-refractivity contribution in [1.29, 1.82) is 0 Å². The number of carbonyl (C=O) groups is 3. The molecule has 0 unspecified atom stereocenters. The van der Waals surface area contributed by atoms with E-state index in [1.165, 1.54) is 0 Å². The Morgan fingerprint density at radius 2 is 1.45 bits per heavy atom. The zero-order valence-electron chi connectivity index (χ0n) is 13.9. The van der Waals surface area contributed by atoms with Crippen molar-refractivity contribution < 1.29 is 29.0 Å². The molecule has 0 atom stereocenters. The molecule has 0 aromatic rings. The van der Waals surface area contributed by atoms with E-state index in [0.29, 0.717) is 38.9 Å². The van der Waals surface area contributed by atoms with E-state index < -0.39 is 11.4 Å². The van der Waals surface area contributed by atoms with Gasteiger partial charge in [-0.15, -0.1) is 0 Å². The minimum atomic E-state index is -0.853. The highest BCUT2D eigenvalue weighted by Crippen LogP contribution is 2.21. The zero-order chi connectivity index (χ0) is 17.0. The van der Waals surface area contributed by atoms with Crippen LogP contribution in [0.3, 0.4) is 0 Å². The number of aliphatic carboxylic acids is 1. The van der Waals surface area contributed by atoms with Gasteiger partial charge in [-0.05, 0) is 46.0 Å². The van der Waals surface area contributed by atoms with Gasteiger partial charge in [-0.3, -0.25) is 14.4 Å². The maximum absolute atomic E-state index is 11.7. The second-order valence-electron chi connectivity index (χ2n) is 5.90. The molecular formula is C16H28O6. The SMILES string of the molecule is CCC(C)(C)C(=O)OCCCCOC(=O)CCCCC(=O)O. The lowest BCUT2D eigenvalue weighted by Crippen LogP contribution is -2.26. The molecule has 0 aliphatic heterocycles. The van der Waals surface area contributed by atoms with Crippen LogP contribution in [0.2, 0.25) is 0 Å². The molecule has 0 rings (SSSR count). The molecule has 0 radical (unpaired) electrons. The number of carboxylic acids is 1. The summed E-state index contributed by atoms with van der Waals surface area (Å²) in [5.74, 6) is -1.37. The summed E-state index contributed by atoms with van der Waals surface area (Å²) in [7, 11) is 0. The van der Waals surface area contributed by atoms with Gasteiger partial charge in [0.2, 0.25) is 0 Å². The molecule has 0 saturated heterocycles. The summed E-state index contributed by atoms with van der Waals surface area (Å²) < 4.78 is 10.2. The molecule has 0 aliphatic carbocycles. The molecule has 6 heteroatoms. The lowest BCUT2D eigenvalue weighted by atomic mass is 9.91. The first-order valence-electron chi connectivity index (χ1n) is 7.84. The van der Waals surface area contributed by atoms with Crippen LogP contribution in [-0.2, 0) is 23.9 Å². The van der Waals surface area contributed by atoms with Gasteiger partial charge >= 0.3 is 17.9 Å². The number of carbonyl (C=O) groups excluding carboxylic acids is 2. The van der Waals surface area contributed by atoms with Crippen LogP contribution in [-0.4, -0.2) is 36.2 Å². The van der Waals surface area contributed by atoms with Crippen molar-refractivity contribution in [1.82, 2.24) is 0 Å². The van der Waals surface area contributed by atoms with E-state index in [4.69, 9.17) is 14.6 Å². The summed E-state index contributed by atoms with van der Waals surface area (Å²) >= 11 is 0. The van der Waals surface area contributed by atoms with Gasteiger partial charge in [0.25, 0.3) is 0 Å². The minimum absolute atomic E-state index is 0.0761. The number of rotatable bonds is 12. The zero-order valence-corrected chi connectivity index (χ0v) is 13.9. The largest absolute Gasteiger partial charge is 0.481 e. The van der Waals surface area contributed by atoms with Crippen molar-refractivity contribution in [3.63, 3.8) is 0 Å². The topological polar surface area (TPSA) is 89.9 Å². The van der Waals surface area contributed by atoms with Gasteiger partial charge in [-0.1, -0.05) is 6.92 Å². The van der Waals surface area contributed by atoms with Gasteiger partial charge in [0.15, 0.2) is 0 Å². The second kappa shape index (κ2) is 11.0. The van der Waals surface area contributed by atoms with E-state index in [1.807, 2.05) is 20.8 Å². The maximum Gasteiger partial charge on any atom is 0.311 e. The fourth-order valence-electron chi connectivity index (χ4n) is 1.51. The molecule has 6 nitrogen and oxygen atoms in total. The number of ether oxygens (including phenoxy) is 2. The summed E-state index contributed by atoms with van der Waals surface area (Å²) in [4.78, 5) is 33.3. The van der Waals surface area contributed by atoms with Gasteiger partial charge in [0, 0.05) is 12.8 Å². The normalized spacial score (nSPS) is 11.0. The van der Waals surface area contributed by atoms with Crippen LogP contribution in [0.15, 0.2) is 0 Å². The van der Waals surface area contributed by atoms with Gasteiger partial charge in [-0.25, -0.2) is 0 Å². The Morgan fingerprint density at radius 1 is 0.909 bits per heavy atom. The first-order valence-corrected chi connectivity index (χ1v) is 7.84. The van der Waals surface area contributed by atoms with Crippen molar-refractivity contribution in [2.24, 2.45) is 5.41 Å². The number of hydrogen-bond acceptors (Lipinski definition) is 5. The number of carboxylic acid groups (broad SMARTS) is 1. The Kier molecular flexibility index (Phi) is 10.2. The van der Waals surface area contributed by atoms with Crippen molar-refractivity contribution in [3.05, 3.63) is 0 Å². The average Bonchev–Trinajstić information content (AvgIpc) is 2.46. The Balaban J connectivity index is 3.51. The first-order chi connectivity index (χ1) is 10.3. The third-order valence-electron chi connectivity index (χ3n) is 3.49.